The molecule has 0 saturated heterocycles. The van der Waals surface area contributed by atoms with Gasteiger partial charge < -0.3 is 10.6 Å². The van der Waals surface area contributed by atoms with Gasteiger partial charge in [-0.3, -0.25) is 9.59 Å². The number of para-hydroxylation sites is 1. The number of hydrogen-bond acceptors (Lipinski definition) is 5. The maximum atomic E-state index is 12.5. The lowest BCUT2D eigenvalue weighted by Gasteiger charge is -2.18. The number of carbonyl (C=O) groups excluding carboxylic acids is 2. The summed E-state index contributed by atoms with van der Waals surface area (Å²) in [6, 6.07) is 9.43. The van der Waals surface area contributed by atoms with E-state index in [4.69, 9.17) is 0 Å². The third kappa shape index (κ3) is 4.90. The Morgan fingerprint density at radius 1 is 1.15 bits per heavy atom. The van der Waals surface area contributed by atoms with E-state index in [2.05, 4.69) is 10.6 Å². The largest absolute Gasteiger partial charge is 0.348 e. The second-order valence-corrected chi connectivity index (χ2v) is 8.90. The molecule has 0 fully saturated rings. The van der Waals surface area contributed by atoms with Gasteiger partial charge in [0.15, 0.2) is 0 Å². The molecule has 0 radical (unpaired) electrons. The van der Waals surface area contributed by atoms with Crippen molar-refractivity contribution in [2.75, 3.05) is 19.4 Å². The van der Waals surface area contributed by atoms with Gasteiger partial charge in [-0.05, 0) is 23.6 Å². The van der Waals surface area contributed by atoms with E-state index in [1.54, 1.807) is 12.1 Å². The van der Waals surface area contributed by atoms with E-state index in [0.29, 0.717) is 0 Å². The summed E-state index contributed by atoms with van der Waals surface area (Å²) in [7, 11) is -0.837. The number of anilines is 1. The summed E-state index contributed by atoms with van der Waals surface area (Å²) in [5.74, 6) is -0.634. The highest BCUT2D eigenvalue weighted by molar-refractivity contribution is 7.89. The SMILES string of the molecule is CC(=O)NC(CC(=O)Nc1ccccc1S(=O)(=O)N(C)C)c1cccs1. The number of sulfonamides is 1. The average molecular weight is 396 g/mol. The van der Waals surface area contributed by atoms with Gasteiger partial charge in [0.2, 0.25) is 21.8 Å². The molecule has 1 aromatic heterocycles. The normalized spacial score (nSPS) is 12.6. The molecule has 0 spiro atoms. The van der Waals surface area contributed by atoms with E-state index in [1.165, 1.54) is 44.5 Å². The van der Waals surface area contributed by atoms with Gasteiger partial charge in [-0.2, -0.15) is 0 Å². The monoisotopic (exact) mass is 395 g/mol. The highest BCUT2D eigenvalue weighted by Gasteiger charge is 2.23. The zero-order valence-electron chi connectivity index (χ0n) is 14.7. The molecular weight excluding hydrogens is 374 g/mol. The van der Waals surface area contributed by atoms with Crippen LogP contribution in [-0.4, -0.2) is 38.6 Å². The van der Waals surface area contributed by atoms with E-state index in [-0.39, 0.29) is 22.9 Å². The second-order valence-electron chi connectivity index (χ2n) is 5.80. The van der Waals surface area contributed by atoms with Gasteiger partial charge >= 0.3 is 0 Å². The summed E-state index contributed by atoms with van der Waals surface area (Å²) in [5, 5.41) is 7.25. The fourth-order valence-electron chi connectivity index (χ4n) is 2.34. The summed E-state index contributed by atoms with van der Waals surface area (Å²) in [4.78, 5) is 24.8. The summed E-state index contributed by atoms with van der Waals surface area (Å²) >= 11 is 1.44. The molecule has 0 aliphatic rings. The van der Waals surface area contributed by atoms with E-state index >= 15 is 0 Å². The van der Waals surface area contributed by atoms with Crippen molar-refractivity contribution in [2.24, 2.45) is 0 Å². The van der Waals surface area contributed by atoms with Gasteiger partial charge in [-0.25, -0.2) is 12.7 Å². The Morgan fingerprint density at radius 2 is 1.85 bits per heavy atom. The maximum absolute atomic E-state index is 12.5. The van der Waals surface area contributed by atoms with Gasteiger partial charge in [-0.1, -0.05) is 18.2 Å². The quantitative estimate of drug-likeness (QED) is 0.751. The second kappa shape index (κ2) is 8.43. The van der Waals surface area contributed by atoms with Crippen LogP contribution in [0.3, 0.4) is 0 Å². The number of rotatable bonds is 7. The smallest absolute Gasteiger partial charge is 0.244 e. The van der Waals surface area contributed by atoms with Crippen LogP contribution < -0.4 is 10.6 Å². The molecule has 2 N–H and O–H groups in total. The third-order valence-corrected chi connectivity index (χ3v) is 6.43. The Bertz CT molecular complexity index is 877. The fourth-order valence-corrected chi connectivity index (χ4v) is 4.15. The van der Waals surface area contributed by atoms with Crippen molar-refractivity contribution in [2.45, 2.75) is 24.3 Å². The molecule has 2 rings (SSSR count). The van der Waals surface area contributed by atoms with Gasteiger partial charge in [0.1, 0.15) is 4.90 Å². The lowest BCUT2D eigenvalue weighted by Crippen LogP contribution is -2.30. The van der Waals surface area contributed by atoms with Crippen molar-refractivity contribution >= 4 is 38.9 Å². The molecule has 0 saturated carbocycles. The van der Waals surface area contributed by atoms with Crippen molar-refractivity contribution in [1.82, 2.24) is 9.62 Å². The molecule has 7 nitrogen and oxygen atoms in total. The molecule has 1 heterocycles. The van der Waals surface area contributed by atoms with Crippen LogP contribution in [0.2, 0.25) is 0 Å². The van der Waals surface area contributed by atoms with Crippen LogP contribution in [0.1, 0.15) is 24.3 Å². The first-order chi connectivity index (χ1) is 12.2. The van der Waals surface area contributed by atoms with Crippen LogP contribution in [0.15, 0.2) is 46.7 Å². The Labute approximate surface area is 157 Å². The molecule has 2 aromatic rings. The molecule has 2 amide bonds. The minimum atomic E-state index is -3.69. The number of nitrogens with one attached hydrogen (secondary N) is 2. The summed E-state index contributed by atoms with van der Waals surface area (Å²) < 4.78 is 25.9. The van der Waals surface area contributed by atoms with E-state index in [9.17, 15) is 18.0 Å². The van der Waals surface area contributed by atoms with E-state index in [0.717, 1.165) is 9.18 Å². The molecular formula is C17H21N3O4S2. The van der Waals surface area contributed by atoms with Gasteiger partial charge in [0.05, 0.1) is 18.2 Å². The standard InChI is InChI=1S/C17H21N3O4S2/c1-12(21)18-14(15-8-6-10-25-15)11-17(22)19-13-7-4-5-9-16(13)26(23,24)20(2)3/h4-10,14H,11H2,1-3H3,(H,18,21)(H,19,22). The zero-order chi connectivity index (χ0) is 19.3. The zero-order valence-corrected chi connectivity index (χ0v) is 16.4. The lowest BCUT2D eigenvalue weighted by molar-refractivity contribution is -0.120. The lowest BCUT2D eigenvalue weighted by atomic mass is 10.1. The number of nitrogens with zero attached hydrogens (tertiary/aromatic N) is 1. The minimum Gasteiger partial charge on any atom is -0.348 e. The first-order valence-corrected chi connectivity index (χ1v) is 10.2. The predicted octanol–water partition coefficient (Wildman–Crippen LogP) is 2.20. The van der Waals surface area contributed by atoms with Crippen molar-refractivity contribution in [3.8, 4) is 0 Å². The van der Waals surface area contributed by atoms with E-state index in [1.807, 2.05) is 17.5 Å². The molecule has 0 bridgehead atoms. The van der Waals surface area contributed by atoms with Crippen LogP contribution in [0.25, 0.3) is 0 Å². The van der Waals surface area contributed by atoms with Crippen molar-refractivity contribution in [3.63, 3.8) is 0 Å². The number of benzene rings is 1. The molecule has 0 aliphatic carbocycles. The Hall–Kier alpha value is -2.23. The topological polar surface area (TPSA) is 95.6 Å². The van der Waals surface area contributed by atoms with Crippen molar-refractivity contribution in [1.29, 1.82) is 0 Å². The summed E-state index contributed by atoms with van der Waals surface area (Å²) in [6.45, 7) is 1.39. The molecule has 9 heteroatoms. The predicted molar refractivity (Wildman–Crippen MR) is 101 cm³/mol. The van der Waals surface area contributed by atoms with Gasteiger partial charge in [0, 0.05) is 25.9 Å². The first kappa shape index (κ1) is 20.1. The van der Waals surface area contributed by atoms with Gasteiger partial charge in [0.25, 0.3) is 0 Å². The van der Waals surface area contributed by atoms with Crippen LogP contribution in [0.5, 0.6) is 0 Å². The third-order valence-electron chi connectivity index (χ3n) is 3.57. The fraction of sp³-hybridized carbons (Fsp3) is 0.294. The molecule has 1 aromatic carbocycles. The molecule has 1 atom stereocenters. The van der Waals surface area contributed by atoms with Gasteiger partial charge in [-0.15, -0.1) is 11.3 Å². The number of carbonyl (C=O) groups is 2. The number of thiophene rings is 1. The minimum absolute atomic E-state index is 0.00353. The van der Waals surface area contributed by atoms with Crippen LogP contribution in [-0.2, 0) is 19.6 Å². The highest BCUT2D eigenvalue weighted by Crippen LogP contribution is 2.26. The molecule has 1 unspecified atom stereocenters. The maximum Gasteiger partial charge on any atom is 0.244 e. The Kier molecular flexibility index (Phi) is 6.52. The first-order valence-electron chi connectivity index (χ1n) is 7.83. The number of amides is 2. The van der Waals surface area contributed by atoms with Crippen LogP contribution in [0, 0.1) is 0 Å². The summed E-state index contributed by atoms with van der Waals surface area (Å²) in [5.41, 5.74) is 0.207. The van der Waals surface area contributed by atoms with E-state index < -0.39 is 22.0 Å². The highest BCUT2D eigenvalue weighted by atomic mass is 32.2. The van der Waals surface area contributed by atoms with Crippen molar-refractivity contribution in [3.05, 3.63) is 46.7 Å². The molecule has 0 aliphatic heterocycles. The number of hydrogen-bond donors (Lipinski definition) is 2. The molecule has 140 valence electrons. The Balaban J connectivity index is 2.21. The average Bonchev–Trinajstić information content (AvgIpc) is 3.08. The summed E-state index contributed by atoms with van der Waals surface area (Å²) in [6.07, 6.45) is -0.00353. The van der Waals surface area contributed by atoms with Crippen LogP contribution in [0.4, 0.5) is 5.69 Å². The van der Waals surface area contributed by atoms with Crippen LogP contribution >= 0.6 is 11.3 Å². The molecule has 26 heavy (non-hydrogen) atoms. The van der Waals surface area contributed by atoms with Crippen molar-refractivity contribution < 1.29 is 18.0 Å². The Morgan fingerprint density at radius 3 is 2.42 bits per heavy atom.